The Hall–Kier alpha value is -1.42. The van der Waals surface area contributed by atoms with Crippen LogP contribution in [0.4, 0.5) is 4.39 Å². The van der Waals surface area contributed by atoms with Crippen LogP contribution in [0.25, 0.3) is 0 Å². The van der Waals surface area contributed by atoms with Crippen LogP contribution in [-0.2, 0) is 10.2 Å². The summed E-state index contributed by atoms with van der Waals surface area (Å²) in [7, 11) is 0. The lowest BCUT2D eigenvalue weighted by molar-refractivity contribution is -0.120. The molecule has 0 aliphatic heterocycles. The molecule has 0 atom stereocenters. The number of benzene rings is 1. The van der Waals surface area contributed by atoms with Crippen molar-refractivity contribution in [1.29, 1.82) is 0 Å². The lowest BCUT2D eigenvalue weighted by Gasteiger charge is -2.26. The van der Waals surface area contributed by atoms with Crippen molar-refractivity contribution in [3.8, 4) is 0 Å². The summed E-state index contributed by atoms with van der Waals surface area (Å²) in [6.07, 6.45) is 0. The highest BCUT2D eigenvalue weighted by molar-refractivity contribution is 5.78. The number of halogens is 1. The van der Waals surface area contributed by atoms with E-state index >= 15 is 0 Å². The quantitative estimate of drug-likeness (QED) is 0.829. The van der Waals surface area contributed by atoms with Crippen molar-refractivity contribution >= 4 is 5.91 Å². The molecule has 0 aliphatic carbocycles. The SMILES string of the molecule is CC(C)NCC(=O)NCC(C)(C)c1ccccc1F. The van der Waals surface area contributed by atoms with Gasteiger partial charge in [-0.3, -0.25) is 4.79 Å². The van der Waals surface area contributed by atoms with Crippen molar-refractivity contribution in [2.75, 3.05) is 13.1 Å². The summed E-state index contributed by atoms with van der Waals surface area (Å²) >= 11 is 0. The zero-order valence-corrected chi connectivity index (χ0v) is 12.1. The van der Waals surface area contributed by atoms with Crippen molar-refractivity contribution < 1.29 is 9.18 Å². The third-order valence-electron chi connectivity index (χ3n) is 3.00. The minimum atomic E-state index is -0.432. The van der Waals surface area contributed by atoms with Gasteiger partial charge in [0.15, 0.2) is 0 Å². The van der Waals surface area contributed by atoms with Crippen LogP contribution in [0.15, 0.2) is 24.3 Å². The fourth-order valence-electron chi connectivity index (χ4n) is 1.78. The molecular formula is C15H23FN2O. The van der Waals surface area contributed by atoms with E-state index in [2.05, 4.69) is 10.6 Å². The average molecular weight is 266 g/mol. The number of carbonyl (C=O) groups excluding carboxylic acids is 1. The van der Waals surface area contributed by atoms with E-state index in [9.17, 15) is 9.18 Å². The summed E-state index contributed by atoms with van der Waals surface area (Å²) in [5.41, 5.74) is 0.186. The molecule has 1 aromatic carbocycles. The van der Waals surface area contributed by atoms with Crippen molar-refractivity contribution in [1.82, 2.24) is 10.6 Å². The van der Waals surface area contributed by atoms with Gasteiger partial charge in [0.2, 0.25) is 5.91 Å². The molecule has 0 aliphatic rings. The molecule has 0 heterocycles. The largest absolute Gasteiger partial charge is 0.354 e. The summed E-state index contributed by atoms with van der Waals surface area (Å²) in [5.74, 6) is -0.305. The Morgan fingerprint density at radius 1 is 1.32 bits per heavy atom. The normalized spacial score (nSPS) is 11.7. The van der Waals surface area contributed by atoms with Gasteiger partial charge in [-0.25, -0.2) is 4.39 Å². The minimum Gasteiger partial charge on any atom is -0.354 e. The van der Waals surface area contributed by atoms with Gasteiger partial charge < -0.3 is 10.6 Å². The minimum absolute atomic E-state index is 0.0712. The number of amides is 1. The maximum atomic E-state index is 13.7. The monoisotopic (exact) mass is 266 g/mol. The molecule has 0 bridgehead atoms. The van der Waals surface area contributed by atoms with E-state index in [-0.39, 0.29) is 24.3 Å². The van der Waals surface area contributed by atoms with Gasteiger partial charge in [-0.2, -0.15) is 0 Å². The van der Waals surface area contributed by atoms with E-state index in [1.807, 2.05) is 33.8 Å². The fourth-order valence-corrected chi connectivity index (χ4v) is 1.78. The van der Waals surface area contributed by atoms with E-state index in [1.54, 1.807) is 12.1 Å². The van der Waals surface area contributed by atoms with Crippen LogP contribution in [0.3, 0.4) is 0 Å². The summed E-state index contributed by atoms with van der Waals surface area (Å²) in [5, 5.41) is 5.88. The first-order valence-electron chi connectivity index (χ1n) is 6.58. The molecule has 0 fully saturated rings. The van der Waals surface area contributed by atoms with E-state index in [0.29, 0.717) is 12.1 Å². The van der Waals surface area contributed by atoms with Crippen LogP contribution >= 0.6 is 0 Å². The number of hydrogen-bond acceptors (Lipinski definition) is 2. The molecule has 3 nitrogen and oxygen atoms in total. The molecule has 0 unspecified atom stereocenters. The molecule has 1 aromatic rings. The first-order chi connectivity index (χ1) is 8.83. The number of nitrogens with one attached hydrogen (secondary N) is 2. The maximum Gasteiger partial charge on any atom is 0.233 e. The summed E-state index contributed by atoms with van der Waals surface area (Å²) < 4.78 is 13.7. The fraction of sp³-hybridized carbons (Fsp3) is 0.533. The summed E-state index contributed by atoms with van der Waals surface area (Å²) in [6, 6.07) is 6.94. The van der Waals surface area contributed by atoms with Gasteiger partial charge in [-0.15, -0.1) is 0 Å². The van der Waals surface area contributed by atoms with Crippen molar-refractivity contribution in [3.05, 3.63) is 35.6 Å². The number of carbonyl (C=O) groups is 1. The second-order valence-electron chi connectivity index (χ2n) is 5.68. The zero-order valence-electron chi connectivity index (χ0n) is 12.1. The molecule has 19 heavy (non-hydrogen) atoms. The average Bonchev–Trinajstić information content (AvgIpc) is 2.34. The number of rotatable bonds is 6. The van der Waals surface area contributed by atoms with Gasteiger partial charge in [-0.1, -0.05) is 45.9 Å². The molecule has 0 saturated carbocycles. The Morgan fingerprint density at radius 3 is 2.53 bits per heavy atom. The molecule has 0 aromatic heterocycles. The van der Waals surface area contributed by atoms with Gasteiger partial charge in [0.1, 0.15) is 5.82 Å². The standard InChI is InChI=1S/C15H23FN2O/c1-11(2)17-9-14(19)18-10-15(3,4)12-7-5-6-8-13(12)16/h5-8,11,17H,9-10H2,1-4H3,(H,18,19). The topological polar surface area (TPSA) is 41.1 Å². The zero-order chi connectivity index (χ0) is 14.5. The molecule has 0 spiro atoms. The lowest BCUT2D eigenvalue weighted by atomic mass is 9.84. The Morgan fingerprint density at radius 2 is 1.95 bits per heavy atom. The summed E-state index contributed by atoms with van der Waals surface area (Å²) in [6.45, 7) is 8.49. The van der Waals surface area contributed by atoms with Crippen LogP contribution in [0.1, 0.15) is 33.3 Å². The molecule has 1 rings (SSSR count). The molecule has 2 N–H and O–H groups in total. The van der Waals surface area contributed by atoms with E-state index in [4.69, 9.17) is 0 Å². The smallest absolute Gasteiger partial charge is 0.233 e. The first-order valence-corrected chi connectivity index (χ1v) is 6.58. The van der Waals surface area contributed by atoms with Crippen LogP contribution in [0.2, 0.25) is 0 Å². The van der Waals surface area contributed by atoms with E-state index in [0.717, 1.165) is 0 Å². The van der Waals surface area contributed by atoms with Gasteiger partial charge >= 0.3 is 0 Å². The van der Waals surface area contributed by atoms with Crippen LogP contribution < -0.4 is 10.6 Å². The van der Waals surface area contributed by atoms with Crippen molar-refractivity contribution in [3.63, 3.8) is 0 Å². The molecule has 106 valence electrons. The predicted octanol–water partition coefficient (Wildman–Crippen LogP) is 2.22. The van der Waals surface area contributed by atoms with Crippen LogP contribution in [0.5, 0.6) is 0 Å². The van der Waals surface area contributed by atoms with Crippen molar-refractivity contribution in [2.24, 2.45) is 0 Å². The first kappa shape index (κ1) is 15.6. The van der Waals surface area contributed by atoms with Gasteiger partial charge in [0.05, 0.1) is 6.54 Å². The van der Waals surface area contributed by atoms with Gasteiger partial charge in [0.25, 0.3) is 0 Å². The Labute approximate surface area is 114 Å². The Balaban J connectivity index is 2.56. The third-order valence-corrected chi connectivity index (χ3v) is 3.00. The highest BCUT2D eigenvalue weighted by Gasteiger charge is 2.24. The van der Waals surface area contributed by atoms with Gasteiger partial charge in [0, 0.05) is 18.0 Å². The molecule has 1 amide bonds. The molecule has 0 radical (unpaired) electrons. The van der Waals surface area contributed by atoms with E-state index in [1.165, 1.54) is 6.07 Å². The molecule has 4 heteroatoms. The second kappa shape index (κ2) is 6.66. The lowest BCUT2D eigenvalue weighted by Crippen LogP contribution is -2.42. The van der Waals surface area contributed by atoms with Crippen LogP contribution in [0, 0.1) is 5.82 Å². The van der Waals surface area contributed by atoms with Crippen molar-refractivity contribution in [2.45, 2.75) is 39.2 Å². The third kappa shape index (κ3) is 4.99. The molecule has 0 saturated heterocycles. The Kier molecular flexibility index (Phi) is 5.48. The van der Waals surface area contributed by atoms with E-state index < -0.39 is 5.41 Å². The second-order valence-corrected chi connectivity index (χ2v) is 5.68. The predicted molar refractivity (Wildman–Crippen MR) is 75.6 cm³/mol. The van der Waals surface area contributed by atoms with Crippen LogP contribution in [-0.4, -0.2) is 25.0 Å². The summed E-state index contributed by atoms with van der Waals surface area (Å²) in [4.78, 5) is 11.6. The van der Waals surface area contributed by atoms with Gasteiger partial charge in [-0.05, 0) is 11.6 Å². The molecular weight excluding hydrogens is 243 g/mol. The maximum absolute atomic E-state index is 13.7. The highest BCUT2D eigenvalue weighted by atomic mass is 19.1. The highest BCUT2D eigenvalue weighted by Crippen LogP contribution is 2.24. The number of hydrogen-bond donors (Lipinski definition) is 2. The Bertz CT molecular complexity index is 430.